The van der Waals surface area contributed by atoms with E-state index in [1.165, 1.54) is 5.56 Å². The Kier molecular flexibility index (Phi) is 10.1. The summed E-state index contributed by atoms with van der Waals surface area (Å²) in [7, 11) is 0. The summed E-state index contributed by atoms with van der Waals surface area (Å²) in [5.74, 6) is 0.251. The van der Waals surface area contributed by atoms with Gasteiger partial charge in [0.05, 0.1) is 6.61 Å². The summed E-state index contributed by atoms with van der Waals surface area (Å²) in [6.45, 7) is 7.28. The van der Waals surface area contributed by atoms with E-state index < -0.39 is 5.91 Å². The molecule has 2 fully saturated rings. The minimum absolute atomic E-state index is 0.0189. The molecule has 3 aromatic rings. The van der Waals surface area contributed by atoms with Crippen molar-refractivity contribution in [2.24, 2.45) is 0 Å². The number of aromatic nitrogens is 4. The van der Waals surface area contributed by atoms with Gasteiger partial charge in [0.2, 0.25) is 5.95 Å². The topological polar surface area (TPSA) is 163 Å². The van der Waals surface area contributed by atoms with Gasteiger partial charge in [-0.3, -0.25) is 14.6 Å². The first-order chi connectivity index (χ1) is 20.8. The summed E-state index contributed by atoms with van der Waals surface area (Å²) in [5.41, 5.74) is 14.9. The summed E-state index contributed by atoms with van der Waals surface area (Å²) < 4.78 is 0. The average molecular weight is 630 g/mol. The quantitative estimate of drug-likeness (QED) is 0.275. The minimum Gasteiger partial charge on any atom is -0.395 e. The van der Waals surface area contributed by atoms with Crippen LogP contribution in [-0.2, 0) is 6.54 Å². The molecule has 0 radical (unpaired) electrons. The van der Waals surface area contributed by atoms with Crippen molar-refractivity contribution >= 4 is 46.7 Å². The summed E-state index contributed by atoms with van der Waals surface area (Å²) in [4.78, 5) is 36.6. The number of rotatable bonds is 9. The Labute approximate surface area is 261 Å². The molecule has 14 heteroatoms. The number of benzene rings is 1. The fourth-order valence-corrected chi connectivity index (χ4v) is 6.45. The number of anilines is 3. The van der Waals surface area contributed by atoms with E-state index in [0.717, 1.165) is 69.7 Å². The largest absolute Gasteiger partial charge is 0.395 e. The highest BCUT2D eigenvalue weighted by Crippen LogP contribution is 2.31. The highest BCUT2D eigenvalue weighted by Gasteiger charge is 2.34. The molecule has 0 unspecified atom stereocenters. The van der Waals surface area contributed by atoms with Gasteiger partial charge in [-0.2, -0.15) is 0 Å². The second kappa shape index (κ2) is 14.0. The lowest BCUT2D eigenvalue weighted by Crippen LogP contribution is -2.58. The number of aliphatic hydroxyl groups is 1. The molecule has 0 bridgehead atoms. The molecule has 6 N–H and O–H groups in total. The number of carbonyl (C=O) groups excluding carboxylic acids is 1. The zero-order valence-corrected chi connectivity index (χ0v) is 25.7. The molecule has 2 aliphatic heterocycles. The third kappa shape index (κ3) is 7.27. The number of nitrogens with two attached hydrogens (primary N) is 2. The Balaban J connectivity index is 1.20. The number of hydrogen-bond donors (Lipinski definition) is 4. The van der Waals surface area contributed by atoms with Crippen molar-refractivity contribution in [3.8, 4) is 11.1 Å². The fourth-order valence-electron chi connectivity index (χ4n) is 6.03. The molecule has 1 amide bonds. The predicted octanol–water partition coefficient (Wildman–Crippen LogP) is 2.69. The van der Waals surface area contributed by atoms with Gasteiger partial charge in [0.25, 0.3) is 5.91 Å². The van der Waals surface area contributed by atoms with Gasteiger partial charge in [-0.1, -0.05) is 36.2 Å². The highest BCUT2D eigenvalue weighted by atomic mass is 35.5. The predicted molar refractivity (Wildman–Crippen MR) is 169 cm³/mol. The van der Waals surface area contributed by atoms with Crippen molar-refractivity contribution in [2.75, 3.05) is 62.2 Å². The molecule has 1 aromatic carbocycles. The van der Waals surface area contributed by atoms with E-state index in [1.54, 1.807) is 12.4 Å². The molecule has 5 rings (SSSR count). The van der Waals surface area contributed by atoms with Gasteiger partial charge in [0.1, 0.15) is 0 Å². The normalized spacial score (nSPS) is 18.6. The number of aliphatic hydroxyl groups excluding tert-OH is 1. The first-order valence-corrected chi connectivity index (χ1v) is 15.3. The van der Waals surface area contributed by atoms with Gasteiger partial charge in [-0.05, 0) is 55.6 Å². The molecule has 0 aliphatic carbocycles. The zero-order chi connectivity index (χ0) is 30.5. The van der Waals surface area contributed by atoms with Crippen LogP contribution in [0.25, 0.3) is 11.1 Å². The van der Waals surface area contributed by atoms with E-state index in [4.69, 9.17) is 39.8 Å². The van der Waals surface area contributed by atoms with Crippen LogP contribution in [-0.4, -0.2) is 98.7 Å². The van der Waals surface area contributed by atoms with Crippen LogP contribution in [0.4, 0.5) is 17.6 Å². The first-order valence-electron chi connectivity index (χ1n) is 14.6. The maximum atomic E-state index is 12.3. The number of halogens is 2. The van der Waals surface area contributed by atoms with Crippen LogP contribution in [0.1, 0.15) is 42.2 Å². The van der Waals surface area contributed by atoms with Crippen LogP contribution in [0.15, 0.2) is 30.6 Å². The Morgan fingerprint density at radius 2 is 1.84 bits per heavy atom. The maximum Gasteiger partial charge on any atom is 0.273 e. The highest BCUT2D eigenvalue weighted by molar-refractivity contribution is 6.32. The Morgan fingerprint density at radius 3 is 2.53 bits per heavy atom. The summed E-state index contributed by atoms with van der Waals surface area (Å²) in [5, 5.41) is 12.3. The van der Waals surface area contributed by atoms with E-state index >= 15 is 0 Å². The molecule has 2 aromatic heterocycles. The molecule has 4 heterocycles. The van der Waals surface area contributed by atoms with Crippen LogP contribution in [0, 0.1) is 0 Å². The van der Waals surface area contributed by atoms with Crippen molar-refractivity contribution in [3.63, 3.8) is 0 Å². The molecule has 43 heavy (non-hydrogen) atoms. The summed E-state index contributed by atoms with van der Waals surface area (Å²) >= 11 is 12.8. The van der Waals surface area contributed by atoms with Gasteiger partial charge >= 0.3 is 0 Å². The number of nitrogens with zero attached hydrogens (tertiary/aromatic N) is 7. The van der Waals surface area contributed by atoms with Gasteiger partial charge in [0, 0.05) is 67.8 Å². The third-order valence-corrected chi connectivity index (χ3v) is 8.74. The van der Waals surface area contributed by atoms with E-state index in [2.05, 4.69) is 52.9 Å². The molecule has 2 aliphatic rings. The van der Waals surface area contributed by atoms with Crippen molar-refractivity contribution in [2.45, 2.75) is 44.8 Å². The Morgan fingerprint density at radius 1 is 1.09 bits per heavy atom. The van der Waals surface area contributed by atoms with Crippen LogP contribution in [0.3, 0.4) is 0 Å². The van der Waals surface area contributed by atoms with Gasteiger partial charge in [0.15, 0.2) is 22.5 Å². The standard InChI is InChI=1S/C29H38Cl2N10O2/c1-2-21-17-40(27-25(31)37-24(26(32)38-27)28(43)34-7-12-42)10-11-41(21)22-5-8-39(9-6-22)16-18-3-4-20(30)13-23(18)19-14-35-29(33)36-15-19/h3-4,13-15,21-22,42H,2,5-12,16-17H2,1H3,(H2,32,38)(H,34,43)(H2,33,35,36)/t21-/m0/s1. The lowest BCUT2D eigenvalue weighted by atomic mass is 9.96. The Bertz CT molecular complexity index is 1420. The van der Waals surface area contributed by atoms with E-state index in [1.807, 2.05) is 12.1 Å². The molecule has 230 valence electrons. The molecule has 0 spiro atoms. The fraction of sp³-hybridized carbons (Fsp3) is 0.483. The Hall–Kier alpha value is -3.29. The number of piperazine rings is 1. The maximum absolute atomic E-state index is 12.3. The number of amides is 1. The van der Waals surface area contributed by atoms with Crippen LogP contribution in [0.5, 0.6) is 0 Å². The van der Waals surface area contributed by atoms with Crippen molar-refractivity contribution < 1.29 is 9.90 Å². The number of carbonyl (C=O) groups is 1. The molecular formula is C29H38Cl2N10O2. The summed E-state index contributed by atoms with van der Waals surface area (Å²) in [6, 6.07) is 6.79. The number of piperidine rings is 1. The zero-order valence-electron chi connectivity index (χ0n) is 24.2. The molecular weight excluding hydrogens is 591 g/mol. The average Bonchev–Trinajstić information content (AvgIpc) is 3.02. The van der Waals surface area contributed by atoms with Crippen LogP contribution in [0.2, 0.25) is 10.2 Å². The van der Waals surface area contributed by atoms with Crippen molar-refractivity contribution in [1.29, 1.82) is 0 Å². The van der Waals surface area contributed by atoms with E-state index in [0.29, 0.717) is 22.9 Å². The van der Waals surface area contributed by atoms with E-state index in [9.17, 15) is 4.79 Å². The second-order valence-corrected chi connectivity index (χ2v) is 11.7. The summed E-state index contributed by atoms with van der Waals surface area (Å²) in [6.07, 6.45) is 6.62. The second-order valence-electron chi connectivity index (χ2n) is 10.9. The van der Waals surface area contributed by atoms with Crippen molar-refractivity contribution in [3.05, 3.63) is 52.0 Å². The van der Waals surface area contributed by atoms with Crippen LogP contribution >= 0.6 is 23.2 Å². The van der Waals surface area contributed by atoms with Gasteiger partial charge < -0.3 is 26.8 Å². The minimum atomic E-state index is -0.512. The first kappa shape index (κ1) is 31.1. The van der Waals surface area contributed by atoms with E-state index in [-0.39, 0.29) is 35.8 Å². The number of hydrogen-bond acceptors (Lipinski definition) is 11. The lowest BCUT2D eigenvalue weighted by Gasteiger charge is -2.47. The monoisotopic (exact) mass is 628 g/mol. The number of likely N-dealkylation sites (tertiary alicyclic amines) is 1. The van der Waals surface area contributed by atoms with Crippen LogP contribution < -0.4 is 21.7 Å². The van der Waals surface area contributed by atoms with Gasteiger partial charge in [-0.15, -0.1) is 0 Å². The number of nitrogen functional groups attached to an aromatic ring is 2. The van der Waals surface area contributed by atoms with Crippen molar-refractivity contribution in [1.82, 2.24) is 35.1 Å². The third-order valence-electron chi connectivity index (χ3n) is 8.25. The molecule has 1 atom stereocenters. The molecule has 0 saturated carbocycles. The molecule has 12 nitrogen and oxygen atoms in total. The van der Waals surface area contributed by atoms with Gasteiger partial charge in [-0.25, -0.2) is 19.9 Å². The lowest BCUT2D eigenvalue weighted by molar-refractivity contribution is 0.0611. The SMILES string of the molecule is CC[C@H]1CN(c2nc(N)c(C(=O)NCCO)nc2Cl)CCN1C1CCN(Cc2ccc(Cl)cc2-c2cnc(N)nc2)CC1. The smallest absolute Gasteiger partial charge is 0.273 e. The number of nitrogens with one attached hydrogen (secondary N) is 1. The molecule has 2 saturated heterocycles.